The summed E-state index contributed by atoms with van der Waals surface area (Å²) in [5.41, 5.74) is 3.61. The molecule has 29 heavy (non-hydrogen) atoms. The van der Waals surface area contributed by atoms with Crippen molar-refractivity contribution >= 4 is 46.3 Å². The van der Waals surface area contributed by atoms with Gasteiger partial charge >= 0.3 is 5.91 Å². The van der Waals surface area contributed by atoms with Crippen molar-refractivity contribution < 1.29 is 18.4 Å². The Hall–Kier alpha value is -3.22. The van der Waals surface area contributed by atoms with Crippen LogP contribution in [0.1, 0.15) is 16.3 Å². The van der Waals surface area contributed by atoms with E-state index in [9.17, 15) is 4.79 Å². The van der Waals surface area contributed by atoms with Crippen LogP contribution >= 0.6 is 23.2 Å². The van der Waals surface area contributed by atoms with Crippen LogP contribution in [0.25, 0.3) is 22.3 Å². The van der Waals surface area contributed by atoms with Crippen LogP contribution < -0.4 is 10.2 Å². The average molecular weight is 429 g/mol. The number of carbonyl (C=O) groups is 1. The van der Waals surface area contributed by atoms with Crippen LogP contribution in [0.15, 0.2) is 68.5 Å². The highest BCUT2D eigenvalue weighted by atomic mass is 35.5. The van der Waals surface area contributed by atoms with Crippen LogP contribution in [0.2, 0.25) is 10.0 Å². The van der Waals surface area contributed by atoms with E-state index in [0.29, 0.717) is 38.5 Å². The molecule has 4 rings (SSSR count). The summed E-state index contributed by atoms with van der Waals surface area (Å²) in [7, 11) is 1.54. The number of amides is 1. The van der Waals surface area contributed by atoms with E-state index >= 15 is 0 Å². The minimum Gasteiger partial charge on any atom is -0.493 e. The van der Waals surface area contributed by atoms with Gasteiger partial charge in [0.05, 0.1) is 18.3 Å². The zero-order valence-corrected chi connectivity index (χ0v) is 16.6. The van der Waals surface area contributed by atoms with Gasteiger partial charge in [0.25, 0.3) is 0 Å². The van der Waals surface area contributed by atoms with Crippen molar-refractivity contribution in [2.45, 2.75) is 0 Å². The topological polar surface area (TPSA) is 77.0 Å². The number of para-hydroxylation sites is 1. The number of carbonyl (C=O) groups excluding carboxylic acids is 1. The predicted octanol–water partition coefficient (Wildman–Crippen LogP) is 5.77. The second-order valence-electron chi connectivity index (χ2n) is 6.01. The first-order valence-corrected chi connectivity index (χ1v) is 9.26. The Morgan fingerprint density at radius 1 is 1.10 bits per heavy atom. The highest BCUT2D eigenvalue weighted by Crippen LogP contribution is 2.31. The summed E-state index contributed by atoms with van der Waals surface area (Å²) in [5, 5.41) is 5.68. The summed E-state index contributed by atoms with van der Waals surface area (Å²) in [6, 6.07) is 15.6. The summed E-state index contributed by atoms with van der Waals surface area (Å²) in [4.78, 5) is 12.3. The van der Waals surface area contributed by atoms with Gasteiger partial charge < -0.3 is 13.6 Å². The molecule has 2 heterocycles. The lowest BCUT2D eigenvalue weighted by atomic mass is 10.2. The zero-order valence-electron chi connectivity index (χ0n) is 15.1. The number of ether oxygens (including phenoxy) is 1. The molecule has 0 fully saturated rings. The molecule has 0 radical (unpaired) electrons. The van der Waals surface area contributed by atoms with E-state index in [1.807, 2.05) is 12.1 Å². The van der Waals surface area contributed by atoms with Gasteiger partial charge in [-0.1, -0.05) is 35.3 Å². The molecule has 0 aliphatic heterocycles. The van der Waals surface area contributed by atoms with Crippen molar-refractivity contribution in [3.63, 3.8) is 0 Å². The normalized spacial score (nSPS) is 11.3. The number of hydrogen-bond acceptors (Lipinski definition) is 5. The minimum atomic E-state index is -0.493. The van der Waals surface area contributed by atoms with Crippen molar-refractivity contribution in [1.82, 2.24) is 5.43 Å². The number of halogens is 2. The maximum absolute atomic E-state index is 12.3. The van der Waals surface area contributed by atoms with Crippen molar-refractivity contribution in [2.24, 2.45) is 5.10 Å². The molecule has 0 saturated carbocycles. The van der Waals surface area contributed by atoms with Gasteiger partial charge in [-0.25, -0.2) is 5.43 Å². The van der Waals surface area contributed by atoms with Crippen LogP contribution in [0.4, 0.5) is 0 Å². The van der Waals surface area contributed by atoms with Crippen molar-refractivity contribution in [2.75, 3.05) is 7.11 Å². The van der Waals surface area contributed by atoms with Crippen LogP contribution in [-0.2, 0) is 0 Å². The van der Waals surface area contributed by atoms with Gasteiger partial charge in [0.15, 0.2) is 17.1 Å². The van der Waals surface area contributed by atoms with Crippen molar-refractivity contribution in [1.29, 1.82) is 0 Å². The standard InChI is InChI=1S/C21H14Cl2N2O4/c1-27-18-4-2-3-12-9-19(29-20(12)18)21(26)25-24-11-14-6-8-17(28-14)15-7-5-13(22)10-16(15)23/h2-11H,1H3,(H,25,26)/b24-11-. The third kappa shape index (κ3) is 3.99. The minimum absolute atomic E-state index is 0.120. The summed E-state index contributed by atoms with van der Waals surface area (Å²) in [6.45, 7) is 0. The largest absolute Gasteiger partial charge is 0.493 e. The summed E-state index contributed by atoms with van der Waals surface area (Å²) < 4.78 is 16.5. The molecule has 4 aromatic rings. The van der Waals surface area contributed by atoms with Gasteiger partial charge in [-0.05, 0) is 42.5 Å². The molecule has 2 aromatic heterocycles. The van der Waals surface area contributed by atoms with Crippen LogP contribution in [0.3, 0.4) is 0 Å². The number of hydrogen-bond donors (Lipinski definition) is 1. The molecule has 0 unspecified atom stereocenters. The molecular weight excluding hydrogens is 415 g/mol. The number of benzene rings is 2. The molecule has 6 nitrogen and oxygen atoms in total. The molecule has 1 N–H and O–H groups in total. The highest BCUT2D eigenvalue weighted by Gasteiger charge is 2.14. The molecule has 146 valence electrons. The van der Waals surface area contributed by atoms with E-state index in [1.54, 1.807) is 42.5 Å². The van der Waals surface area contributed by atoms with E-state index in [-0.39, 0.29) is 5.76 Å². The number of fused-ring (bicyclic) bond motifs is 1. The monoisotopic (exact) mass is 428 g/mol. The first-order valence-electron chi connectivity index (χ1n) is 8.50. The fourth-order valence-corrected chi connectivity index (χ4v) is 3.28. The predicted molar refractivity (Wildman–Crippen MR) is 112 cm³/mol. The maximum Gasteiger partial charge on any atom is 0.307 e. The summed E-state index contributed by atoms with van der Waals surface area (Å²) >= 11 is 12.1. The third-order valence-electron chi connectivity index (χ3n) is 4.13. The van der Waals surface area contributed by atoms with E-state index in [4.69, 9.17) is 36.8 Å². The zero-order chi connectivity index (χ0) is 20.4. The van der Waals surface area contributed by atoms with E-state index in [2.05, 4.69) is 10.5 Å². The maximum atomic E-state index is 12.3. The number of rotatable bonds is 5. The Morgan fingerprint density at radius 3 is 2.76 bits per heavy atom. The van der Waals surface area contributed by atoms with E-state index in [0.717, 1.165) is 5.39 Å². The summed E-state index contributed by atoms with van der Waals surface area (Å²) in [6.07, 6.45) is 1.38. The fraction of sp³-hybridized carbons (Fsp3) is 0.0476. The molecule has 0 aliphatic carbocycles. The van der Waals surface area contributed by atoms with Crippen LogP contribution in [-0.4, -0.2) is 19.2 Å². The highest BCUT2D eigenvalue weighted by molar-refractivity contribution is 6.36. The molecule has 0 atom stereocenters. The molecule has 1 amide bonds. The molecule has 0 bridgehead atoms. The number of furan rings is 2. The van der Waals surface area contributed by atoms with Crippen LogP contribution in [0, 0.1) is 0 Å². The molecule has 0 spiro atoms. The van der Waals surface area contributed by atoms with E-state index in [1.165, 1.54) is 13.3 Å². The fourth-order valence-electron chi connectivity index (χ4n) is 2.77. The molecule has 8 heteroatoms. The van der Waals surface area contributed by atoms with Gasteiger partial charge in [0.1, 0.15) is 11.5 Å². The Kier molecular flexibility index (Phi) is 5.29. The molecule has 0 aliphatic rings. The molecular formula is C21H14Cl2N2O4. The van der Waals surface area contributed by atoms with Crippen molar-refractivity contribution in [3.05, 3.63) is 76.2 Å². The van der Waals surface area contributed by atoms with Gasteiger partial charge in [-0.2, -0.15) is 5.10 Å². The third-order valence-corrected chi connectivity index (χ3v) is 4.68. The Balaban J connectivity index is 1.47. The lowest BCUT2D eigenvalue weighted by Crippen LogP contribution is -2.16. The smallest absolute Gasteiger partial charge is 0.307 e. The number of hydrazone groups is 1. The Morgan fingerprint density at radius 2 is 1.97 bits per heavy atom. The molecule has 0 saturated heterocycles. The van der Waals surface area contributed by atoms with Gasteiger partial charge in [-0.3, -0.25) is 4.79 Å². The molecule has 2 aromatic carbocycles. The van der Waals surface area contributed by atoms with Crippen LogP contribution in [0.5, 0.6) is 5.75 Å². The van der Waals surface area contributed by atoms with Gasteiger partial charge in [0, 0.05) is 16.0 Å². The summed E-state index contributed by atoms with van der Waals surface area (Å²) in [5.74, 6) is 1.18. The lowest BCUT2D eigenvalue weighted by molar-refractivity contribution is 0.0929. The van der Waals surface area contributed by atoms with E-state index < -0.39 is 5.91 Å². The first kappa shape index (κ1) is 19.1. The Labute approximate surface area is 175 Å². The SMILES string of the molecule is COc1cccc2cc(C(=O)N/N=C\c3ccc(-c4ccc(Cl)cc4Cl)o3)oc12. The number of methoxy groups -OCH3 is 1. The van der Waals surface area contributed by atoms with Gasteiger partial charge in [-0.15, -0.1) is 0 Å². The van der Waals surface area contributed by atoms with Crippen molar-refractivity contribution in [3.8, 4) is 17.1 Å². The second kappa shape index (κ2) is 8.03. The quantitative estimate of drug-likeness (QED) is 0.323. The number of nitrogens with one attached hydrogen (secondary N) is 1. The average Bonchev–Trinajstić information content (AvgIpc) is 3.34. The second-order valence-corrected chi connectivity index (χ2v) is 6.86. The lowest BCUT2D eigenvalue weighted by Gasteiger charge is -2.00. The first-order chi connectivity index (χ1) is 14.0. The Bertz CT molecular complexity index is 1230. The number of nitrogens with zero attached hydrogens (tertiary/aromatic N) is 1. The van der Waals surface area contributed by atoms with Gasteiger partial charge in [0.2, 0.25) is 0 Å².